The first-order chi connectivity index (χ1) is 16.8. The molecule has 0 amide bonds. The van der Waals surface area contributed by atoms with Gasteiger partial charge in [-0.25, -0.2) is 14.2 Å². The first-order valence-electron chi connectivity index (χ1n) is 10.8. The number of ether oxygens (including phenoxy) is 2. The van der Waals surface area contributed by atoms with E-state index in [-0.39, 0.29) is 12.1 Å². The Morgan fingerprint density at radius 1 is 0.914 bits per heavy atom. The van der Waals surface area contributed by atoms with Gasteiger partial charge in [-0.3, -0.25) is 19.0 Å². The Bertz CT molecular complexity index is 1360. The van der Waals surface area contributed by atoms with Crippen LogP contribution in [0.15, 0.2) is 64.2 Å². The van der Waals surface area contributed by atoms with Crippen LogP contribution < -0.4 is 17.0 Å². The van der Waals surface area contributed by atoms with Crippen LogP contribution in [0, 0.1) is 0 Å². The summed E-state index contributed by atoms with van der Waals surface area (Å²) < 4.78 is 11.2. The zero-order chi connectivity index (χ0) is 25.5. The molecule has 0 saturated carbocycles. The predicted octanol–water partition coefficient (Wildman–Crippen LogP) is 1.42. The maximum atomic E-state index is 13.0. The van der Waals surface area contributed by atoms with E-state index in [0.717, 1.165) is 23.7 Å². The first kappa shape index (κ1) is 25.2. The third-order valence-electron chi connectivity index (χ3n) is 5.38. The first-order valence-corrected chi connectivity index (χ1v) is 10.8. The number of aromatic nitrogens is 2. The molecule has 1 heterocycles. The van der Waals surface area contributed by atoms with Crippen molar-refractivity contribution < 1.29 is 23.9 Å². The number of ketones is 1. The number of esters is 2. The van der Waals surface area contributed by atoms with Crippen LogP contribution in [0.3, 0.4) is 0 Å². The summed E-state index contributed by atoms with van der Waals surface area (Å²) in [5.74, 6) is -2.92. The van der Waals surface area contributed by atoms with E-state index in [1.165, 1.54) is 0 Å². The molecule has 10 heteroatoms. The number of aryl methyl sites for hydroxylation is 1. The lowest BCUT2D eigenvalue weighted by atomic mass is 10.1. The Labute approximate surface area is 200 Å². The van der Waals surface area contributed by atoms with Crippen LogP contribution in [0.25, 0.3) is 0 Å². The van der Waals surface area contributed by atoms with Crippen molar-refractivity contribution in [2.75, 3.05) is 19.5 Å². The van der Waals surface area contributed by atoms with Crippen molar-refractivity contribution in [3.05, 3.63) is 97.7 Å². The van der Waals surface area contributed by atoms with Crippen LogP contribution in [0.2, 0.25) is 0 Å². The fourth-order valence-electron chi connectivity index (χ4n) is 3.39. The molecule has 2 N–H and O–H groups in total. The van der Waals surface area contributed by atoms with Crippen molar-refractivity contribution in [2.24, 2.45) is 0 Å². The number of hydrogen-bond acceptors (Lipinski definition) is 8. The van der Waals surface area contributed by atoms with Crippen molar-refractivity contribution in [3.63, 3.8) is 0 Å². The number of hydrogen-bond donors (Lipinski definition) is 1. The standard InChI is InChI=1S/C25H25N3O7/c1-3-16-9-11-18(12-10-16)24(32)35-15-19(29)21-22(26)27(13-17-7-5-4-6-8-17)25(33)28(23(21)31)14-20(30)34-2/h4-12H,3,13-15,26H2,1-2H3. The maximum Gasteiger partial charge on any atom is 0.338 e. The van der Waals surface area contributed by atoms with E-state index in [0.29, 0.717) is 10.1 Å². The van der Waals surface area contributed by atoms with E-state index in [2.05, 4.69) is 4.74 Å². The molecule has 10 nitrogen and oxygen atoms in total. The molecule has 0 atom stereocenters. The molecule has 3 rings (SSSR count). The SMILES string of the molecule is CCc1ccc(C(=O)OCC(=O)c2c(N)n(Cc3ccccc3)c(=O)n(CC(=O)OC)c2=O)cc1. The summed E-state index contributed by atoms with van der Waals surface area (Å²) in [6, 6.07) is 15.4. The molecule has 0 aliphatic heterocycles. The minimum Gasteiger partial charge on any atom is -0.468 e. The van der Waals surface area contributed by atoms with Crippen LogP contribution in [-0.4, -0.2) is 40.6 Å². The van der Waals surface area contributed by atoms with Crippen LogP contribution >= 0.6 is 0 Å². The van der Waals surface area contributed by atoms with Gasteiger partial charge in [0.2, 0.25) is 5.78 Å². The van der Waals surface area contributed by atoms with Gasteiger partial charge in [0.1, 0.15) is 17.9 Å². The average Bonchev–Trinajstić information content (AvgIpc) is 2.88. The molecular formula is C25H25N3O7. The summed E-state index contributed by atoms with van der Waals surface area (Å²) in [5, 5.41) is 0. The summed E-state index contributed by atoms with van der Waals surface area (Å²) in [4.78, 5) is 63.1. The highest BCUT2D eigenvalue weighted by atomic mass is 16.5. The summed E-state index contributed by atoms with van der Waals surface area (Å²) in [5.41, 5.74) is 5.51. The van der Waals surface area contributed by atoms with Gasteiger partial charge < -0.3 is 15.2 Å². The Morgan fingerprint density at radius 2 is 1.57 bits per heavy atom. The van der Waals surface area contributed by atoms with E-state index in [1.54, 1.807) is 54.6 Å². The van der Waals surface area contributed by atoms with Crippen LogP contribution in [0.5, 0.6) is 0 Å². The number of nitrogens with zero attached hydrogens (tertiary/aromatic N) is 2. The van der Waals surface area contributed by atoms with Crippen molar-refractivity contribution in [1.82, 2.24) is 9.13 Å². The van der Waals surface area contributed by atoms with Gasteiger partial charge in [-0.05, 0) is 29.7 Å². The Hall–Kier alpha value is -4.47. The van der Waals surface area contributed by atoms with Crippen molar-refractivity contribution in [3.8, 4) is 0 Å². The highest BCUT2D eigenvalue weighted by molar-refractivity contribution is 6.02. The molecule has 0 fully saturated rings. The number of anilines is 1. The van der Waals surface area contributed by atoms with Crippen molar-refractivity contribution >= 4 is 23.5 Å². The highest BCUT2D eigenvalue weighted by Crippen LogP contribution is 2.11. The zero-order valence-corrected chi connectivity index (χ0v) is 19.4. The minimum atomic E-state index is -1.07. The molecule has 0 unspecified atom stereocenters. The molecule has 2 aromatic carbocycles. The molecule has 1 aromatic heterocycles. The summed E-state index contributed by atoms with van der Waals surface area (Å²) in [6.45, 7) is 0.417. The second kappa shape index (κ2) is 11.1. The van der Waals surface area contributed by atoms with E-state index in [9.17, 15) is 24.0 Å². The molecule has 182 valence electrons. The minimum absolute atomic E-state index is 0.0587. The van der Waals surface area contributed by atoms with Gasteiger partial charge >= 0.3 is 17.6 Å². The Morgan fingerprint density at radius 3 is 2.17 bits per heavy atom. The van der Waals surface area contributed by atoms with Gasteiger partial charge in [-0.1, -0.05) is 49.4 Å². The van der Waals surface area contributed by atoms with Crippen LogP contribution in [-0.2, 0) is 33.8 Å². The van der Waals surface area contributed by atoms with Gasteiger partial charge in [0, 0.05) is 0 Å². The topological polar surface area (TPSA) is 140 Å². The summed E-state index contributed by atoms with van der Waals surface area (Å²) in [6.07, 6.45) is 0.795. The normalized spacial score (nSPS) is 10.6. The molecule has 0 aliphatic rings. The maximum absolute atomic E-state index is 13.0. The monoisotopic (exact) mass is 479 g/mol. The number of nitrogen functional groups attached to an aromatic ring is 1. The summed E-state index contributed by atoms with van der Waals surface area (Å²) in [7, 11) is 1.10. The third kappa shape index (κ3) is 5.72. The smallest absolute Gasteiger partial charge is 0.338 e. The van der Waals surface area contributed by atoms with E-state index in [1.807, 2.05) is 6.92 Å². The molecule has 0 radical (unpaired) electrons. The largest absolute Gasteiger partial charge is 0.468 e. The van der Waals surface area contributed by atoms with Gasteiger partial charge in [-0.2, -0.15) is 0 Å². The van der Waals surface area contributed by atoms with Crippen LogP contribution in [0.1, 0.15) is 38.8 Å². The fourth-order valence-corrected chi connectivity index (χ4v) is 3.39. The molecule has 0 bridgehead atoms. The average molecular weight is 479 g/mol. The quantitative estimate of drug-likeness (QED) is 0.359. The second-order valence-electron chi connectivity index (χ2n) is 7.63. The Balaban J connectivity index is 1.96. The number of benzene rings is 2. The number of methoxy groups -OCH3 is 1. The highest BCUT2D eigenvalue weighted by Gasteiger charge is 2.25. The van der Waals surface area contributed by atoms with Gasteiger partial charge in [0.05, 0.1) is 19.2 Å². The van der Waals surface area contributed by atoms with E-state index in [4.69, 9.17) is 10.5 Å². The predicted molar refractivity (Wildman–Crippen MR) is 127 cm³/mol. The molecule has 35 heavy (non-hydrogen) atoms. The number of carbonyl (C=O) groups is 3. The zero-order valence-electron chi connectivity index (χ0n) is 19.4. The van der Waals surface area contributed by atoms with Crippen molar-refractivity contribution in [1.29, 1.82) is 0 Å². The number of carbonyl (C=O) groups excluding carboxylic acids is 3. The lowest BCUT2D eigenvalue weighted by molar-refractivity contribution is -0.141. The molecule has 0 spiro atoms. The molecule has 0 aliphatic carbocycles. The molecule has 3 aromatic rings. The lowest BCUT2D eigenvalue weighted by Gasteiger charge is -2.16. The number of rotatable bonds is 9. The molecular weight excluding hydrogens is 454 g/mol. The number of Topliss-reactive ketones (excluding diaryl/α,β-unsaturated/α-hetero) is 1. The van der Waals surface area contributed by atoms with E-state index >= 15 is 0 Å². The van der Waals surface area contributed by atoms with E-state index < -0.39 is 53.5 Å². The van der Waals surface area contributed by atoms with Gasteiger partial charge in [0.25, 0.3) is 5.56 Å². The van der Waals surface area contributed by atoms with Crippen LogP contribution in [0.4, 0.5) is 5.82 Å². The van der Waals surface area contributed by atoms with Gasteiger partial charge in [-0.15, -0.1) is 0 Å². The third-order valence-corrected chi connectivity index (χ3v) is 5.38. The number of nitrogens with two attached hydrogens (primary N) is 1. The fraction of sp³-hybridized carbons (Fsp3) is 0.240. The second-order valence-corrected chi connectivity index (χ2v) is 7.63. The lowest BCUT2D eigenvalue weighted by Crippen LogP contribution is -2.46. The van der Waals surface area contributed by atoms with Crippen molar-refractivity contribution in [2.45, 2.75) is 26.4 Å². The molecule has 0 saturated heterocycles. The van der Waals surface area contributed by atoms with Gasteiger partial charge in [0.15, 0.2) is 6.61 Å². The summed E-state index contributed by atoms with van der Waals surface area (Å²) >= 11 is 0. The Kier molecular flexibility index (Phi) is 7.98.